The van der Waals surface area contributed by atoms with Crippen LogP contribution in [0.4, 0.5) is 5.95 Å². The van der Waals surface area contributed by atoms with E-state index in [2.05, 4.69) is 22.3 Å². The lowest BCUT2D eigenvalue weighted by atomic mass is 9.99. The van der Waals surface area contributed by atoms with Crippen molar-refractivity contribution >= 4 is 28.9 Å². The van der Waals surface area contributed by atoms with Gasteiger partial charge in [-0.05, 0) is 50.5 Å². The predicted octanol–water partition coefficient (Wildman–Crippen LogP) is 3.15. The summed E-state index contributed by atoms with van der Waals surface area (Å²) >= 11 is 0. The Morgan fingerprint density at radius 3 is 2.65 bits per heavy atom. The number of hydrogen-bond donors (Lipinski definition) is 2. The molecular formula is C25H30N6O3. The first kappa shape index (κ1) is 23.6. The first-order valence-corrected chi connectivity index (χ1v) is 11.7. The Labute approximate surface area is 198 Å². The molecule has 2 aromatic heterocycles. The number of pyridine rings is 1. The molecule has 1 aromatic carbocycles. The maximum Gasteiger partial charge on any atom is 0.310 e. The molecule has 0 saturated carbocycles. The Kier molecular flexibility index (Phi) is 7.32. The Hall–Kier alpha value is -3.59. The van der Waals surface area contributed by atoms with Crippen molar-refractivity contribution in [1.82, 2.24) is 25.4 Å². The van der Waals surface area contributed by atoms with E-state index in [1.165, 1.54) is 0 Å². The molecule has 1 unspecified atom stereocenters. The molecule has 4 rings (SSSR count). The molecule has 9 nitrogen and oxygen atoms in total. The summed E-state index contributed by atoms with van der Waals surface area (Å²) in [7, 11) is 0. The van der Waals surface area contributed by atoms with E-state index in [9.17, 15) is 9.59 Å². The van der Waals surface area contributed by atoms with Crippen LogP contribution >= 0.6 is 0 Å². The number of nitrogens with zero attached hydrogens (tertiary/aromatic N) is 4. The number of aryl methyl sites for hydroxylation is 1. The average Bonchev–Trinajstić information content (AvgIpc) is 2.84. The SMILES string of the molecule is CCCc1nc(N)nc2ccc(-c3ccc(C(=O)NN4CCCC(C(=O)OCC)C4)cc3)nc12. The molecule has 1 atom stereocenters. The molecule has 178 valence electrons. The van der Waals surface area contributed by atoms with E-state index in [4.69, 9.17) is 15.5 Å². The third-order valence-corrected chi connectivity index (χ3v) is 5.86. The number of fused-ring (bicyclic) bond motifs is 1. The number of anilines is 1. The zero-order chi connectivity index (χ0) is 24.1. The highest BCUT2D eigenvalue weighted by molar-refractivity contribution is 5.94. The first-order valence-electron chi connectivity index (χ1n) is 11.7. The van der Waals surface area contributed by atoms with Crippen LogP contribution in [0.5, 0.6) is 0 Å². The van der Waals surface area contributed by atoms with Crippen LogP contribution in [0.1, 0.15) is 49.2 Å². The summed E-state index contributed by atoms with van der Waals surface area (Å²) in [5.74, 6) is -0.379. The Morgan fingerprint density at radius 2 is 1.91 bits per heavy atom. The smallest absolute Gasteiger partial charge is 0.310 e. The van der Waals surface area contributed by atoms with Crippen LogP contribution in [0.15, 0.2) is 36.4 Å². The highest BCUT2D eigenvalue weighted by Crippen LogP contribution is 2.23. The molecule has 1 aliphatic heterocycles. The molecule has 0 aliphatic carbocycles. The number of carbonyl (C=O) groups is 2. The summed E-state index contributed by atoms with van der Waals surface area (Å²) in [4.78, 5) is 38.3. The Morgan fingerprint density at radius 1 is 1.12 bits per heavy atom. The number of rotatable bonds is 7. The van der Waals surface area contributed by atoms with E-state index >= 15 is 0 Å². The van der Waals surface area contributed by atoms with Gasteiger partial charge in [0.1, 0.15) is 5.52 Å². The number of nitrogens with two attached hydrogens (primary N) is 1. The number of piperidine rings is 1. The molecule has 1 aliphatic rings. The monoisotopic (exact) mass is 462 g/mol. The van der Waals surface area contributed by atoms with E-state index in [0.29, 0.717) is 25.3 Å². The van der Waals surface area contributed by atoms with Crippen LogP contribution in [0.2, 0.25) is 0 Å². The number of aromatic nitrogens is 3. The van der Waals surface area contributed by atoms with Gasteiger partial charge in [0.2, 0.25) is 5.95 Å². The number of ether oxygens (including phenoxy) is 1. The first-order chi connectivity index (χ1) is 16.5. The summed E-state index contributed by atoms with van der Waals surface area (Å²) in [6, 6.07) is 11.1. The number of nitrogen functional groups attached to an aromatic ring is 1. The molecule has 1 amide bonds. The minimum atomic E-state index is -0.215. The highest BCUT2D eigenvalue weighted by atomic mass is 16.5. The summed E-state index contributed by atoms with van der Waals surface area (Å²) in [6.07, 6.45) is 3.30. The van der Waals surface area contributed by atoms with Crippen molar-refractivity contribution in [2.75, 3.05) is 25.4 Å². The fraction of sp³-hybridized carbons (Fsp3) is 0.400. The van der Waals surface area contributed by atoms with Gasteiger partial charge in [-0.25, -0.2) is 20.0 Å². The molecular weight excluding hydrogens is 432 g/mol. The van der Waals surface area contributed by atoms with E-state index in [1.54, 1.807) is 24.1 Å². The van der Waals surface area contributed by atoms with Gasteiger partial charge in [0.05, 0.1) is 29.4 Å². The summed E-state index contributed by atoms with van der Waals surface area (Å²) < 4.78 is 5.13. The fourth-order valence-corrected chi connectivity index (χ4v) is 4.20. The third-order valence-electron chi connectivity index (χ3n) is 5.86. The molecule has 0 spiro atoms. The van der Waals surface area contributed by atoms with E-state index in [0.717, 1.165) is 53.7 Å². The van der Waals surface area contributed by atoms with E-state index in [-0.39, 0.29) is 23.7 Å². The van der Waals surface area contributed by atoms with Gasteiger partial charge in [-0.2, -0.15) is 0 Å². The summed E-state index contributed by atoms with van der Waals surface area (Å²) in [6.45, 7) is 5.40. The van der Waals surface area contributed by atoms with Gasteiger partial charge in [-0.3, -0.25) is 15.0 Å². The van der Waals surface area contributed by atoms with Crippen LogP contribution in [0.25, 0.3) is 22.3 Å². The second-order valence-electron chi connectivity index (χ2n) is 8.40. The van der Waals surface area contributed by atoms with Crippen molar-refractivity contribution in [3.63, 3.8) is 0 Å². The quantitative estimate of drug-likeness (QED) is 0.513. The predicted molar refractivity (Wildman–Crippen MR) is 130 cm³/mol. The number of hydrazine groups is 1. The molecule has 3 N–H and O–H groups in total. The largest absolute Gasteiger partial charge is 0.466 e. The zero-order valence-electron chi connectivity index (χ0n) is 19.6. The maximum absolute atomic E-state index is 12.8. The lowest BCUT2D eigenvalue weighted by Crippen LogP contribution is -2.49. The minimum absolute atomic E-state index is 0.205. The van der Waals surface area contributed by atoms with Crippen LogP contribution < -0.4 is 11.2 Å². The van der Waals surface area contributed by atoms with Gasteiger partial charge in [-0.1, -0.05) is 25.5 Å². The van der Waals surface area contributed by atoms with Crippen molar-refractivity contribution in [3.8, 4) is 11.3 Å². The molecule has 1 saturated heterocycles. The van der Waals surface area contributed by atoms with Gasteiger partial charge in [0, 0.05) is 24.2 Å². The van der Waals surface area contributed by atoms with Crippen molar-refractivity contribution in [2.24, 2.45) is 5.92 Å². The number of esters is 1. The number of hydrogen-bond acceptors (Lipinski definition) is 8. The molecule has 3 aromatic rings. The van der Waals surface area contributed by atoms with Crippen molar-refractivity contribution in [3.05, 3.63) is 47.7 Å². The zero-order valence-corrected chi connectivity index (χ0v) is 19.6. The standard InChI is InChI=1S/C25H30N6O3/c1-3-6-20-22-21(29-25(26)28-20)13-12-19(27-22)16-8-10-17(11-9-16)23(32)30-31-14-5-7-18(15-31)24(33)34-4-2/h8-13,18H,3-7,14-15H2,1-2H3,(H,30,32)(H2,26,28,29). The van der Waals surface area contributed by atoms with Gasteiger partial charge in [0.25, 0.3) is 5.91 Å². The molecule has 3 heterocycles. The van der Waals surface area contributed by atoms with Crippen molar-refractivity contribution < 1.29 is 14.3 Å². The second kappa shape index (κ2) is 10.6. The third kappa shape index (κ3) is 5.31. The van der Waals surface area contributed by atoms with Gasteiger partial charge in [0.15, 0.2) is 0 Å². The van der Waals surface area contributed by atoms with Gasteiger partial charge >= 0.3 is 5.97 Å². The van der Waals surface area contributed by atoms with Crippen LogP contribution in [0.3, 0.4) is 0 Å². The Balaban J connectivity index is 1.47. The lowest BCUT2D eigenvalue weighted by molar-refractivity contribution is -0.150. The lowest BCUT2D eigenvalue weighted by Gasteiger charge is -2.31. The Bertz CT molecular complexity index is 1180. The molecule has 1 fully saturated rings. The molecule has 0 bridgehead atoms. The van der Waals surface area contributed by atoms with Crippen molar-refractivity contribution in [1.29, 1.82) is 0 Å². The molecule has 9 heteroatoms. The van der Waals surface area contributed by atoms with Gasteiger partial charge in [-0.15, -0.1) is 0 Å². The van der Waals surface area contributed by atoms with Crippen LogP contribution in [0, 0.1) is 5.92 Å². The van der Waals surface area contributed by atoms with Gasteiger partial charge < -0.3 is 10.5 Å². The maximum atomic E-state index is 12.8. The van der Waals surface area contributed by atoms with Crippen LogP contribution in [-0.2, 0) is 16.0 Å². The van der Waals surface area contributed by atoms with E-state index < -0.39 is 0 Å². The highest BCUT2D eigenvalue weighted by Gasteiger charge is 2.27. The number of amides is 1. The summed E-state index contributed by atoms with van der Waals surface area (Å²) in [5.41, 5.74) is 13.3. The second-order valence-corrected chi connectivity index (χ2v) is 8.40. The van der Waals surface area contributed by atoms with Crippen LogP contribution in [-0.4, -0.2) is 51.5 Å². The number of nitrogens with one attached hydrogen (secondary N) is 1. The van der Waals surface area contributed by atoms with E-state index in [1.807, 2.05) is 24.3 Å². The molecule has 0 radical (unpaired) electrons. The number of carbonyl (C=O) groups excluding carboxylic acids is 2. The average molecular weight is 463 g/mol. The summed E-state index contributed by atoms with van der Waals surface area (Å²) in [5, 5.41) is 1.80. The van der Waals surface area contributed by atoms with Crippen molar-refractivity contribution in [2.45, 2.75) is 39.5 Å². The normalized spacial score (nSPS) is 16.4. The number of benzene rings is 1. The minimum Gasteiger partial charge on any atom is -0.466 e. The molecule has 34 heavy (non-hydrogen) atoms. The fourth-order valence-electron chi connectivity index (χ4n) is 4.20. The topological polar surface area (TPSA) is 123 Å².